The van der Waals surface area contributed by atoms with Gasteiger partial charge in [-0.2, -0.15) is 4.98 Å². The molecular weight excluding hydrogens is 541 g/mol. The number of carbonyl (C=O) groups excluding carboxylic acids is 1. The molecule has 0 aliphatic carbocycles. The Labute approximate surface area is 232 Å². The topological polar surface area (TPSA) is 104 Å². The minimum absolute atomic E-state index is 0.0117. The minimum Gasteiger partial charge on any atom is -0.356 e. The van der Waals surface area contributed by atoms with Gasteiger partial charge in [0.25, 0.3) is 0 Å². The lowest BCUT2D eigenvalue weighted by atomic mass is 10.00. The molecule has 2 N–H and O–H groups in total. The first-order valence-electron chi connectivity index (χ1n) is 12.9. The third-order valence-electron chi connectivity index (χ3n) is 6.79. The van der Waals surface area contributed by atoms with Crippen molar-refractivity contribution in [3.63, 3.8) is 0 Å². The molecule has 2 aliphatic heterocycles. The van der Waals surface area contributed by atoms with Gasteiger partial charge in [0.05, 0.1) is 23.6 Å². The Morgan fingerprint density at radius 1 is 1.13 bits per heavy atom. The maximum atomic E-state index is 15.1. The van der Waals surface area contributed by atoms with E-state index in [-0.39, 0.29) is 34.5 Å². The summed E-state index contributed by atoms with van der Waals surface area (Å²) in [6.45, 7) is 3.49. The Morgan fingerprint density at radius 2 is 1.92 bits per heavy atom. The molecule has 11 heteroatoms. The first-order chi connectivity index (χ1) is 18.7. The molecule has 0 bridgehead atoms. The van der Waals surface area contributed by atoms with Crippen LogP contribution in [0.25, 0.3) is 5.57 Å². The molecule has 0 atom stereocenters. The molecule has 8 nitrogen and oxygen atoms in total. The third-order valence-corrected chi connectivity index (χ3v) is 8.92. The van der Waals surface area contributed by atoms with Gasteiger partial charge in [0.2, 0.25) is 11.9 Å². The van der Waals surface area contributed by atoms with Gasteiger partial charge in [0.15, 0.2) is 15.7 Å². The molecule has 5 rings (SSSR count). The van der Waals surface area contributed by atoms with Gasteiger partial charge in [0.1, 0.15) is 10.7 Å². The van der Waals surface area contributed by atoms with E-state index < -0.39 is 15.7 Å². The van der Waals surface area contributed by atoms with Crippen LogP contribution in [-0.2, 0) is 27.5 Å². The number of likely N-dealkylation sites (N-methyl/N-ethyl adjacent to an activating group) is 1. The molecular formula is C28H29ClFN5O3S. The summed E-state index contributed by atoms with van der Waals surface area (Å²) >= 11 is 6.02. The van der Waals surface area contributed by atoms with Crippen molar-refractivity contribution in [3.05, 3.63) is 76.2 Å². The van der Waals surface area contributed by atoms with Gasteiger partial charge < -0.3 is 15.5 Å². The Morgan fingerprint density at radius 3 is 2.62 bits per heavy atom. The Hall–Kier alpha value is -3.50. The molecule has 0 spiro atoms. The van der Waals surface area contributed by atoms with Crippen LogP contribution < -0.4 is 15.5 Å². The predicted octanol–water partition coefficient (Wildman–Crippen LogP) is 4.70. The van der Waals surface area contributed by atoms with Crippen LogP contribution in [0.3, 0.4) is 0 Å². The number of benzene rings is 2. The molecule has 0 saturated heterocycles. The van der Waals surface area contributed by atoms with Crippen LogP contribution in [0.2, 0.25) is 5.02 Å². The van der Waals surface area contributed by atoms with E-state index in [2.05, 4.69) is 26.7 Å². The first-order valence-corrected chi connectivity index (χ1v) is 14.9. The summed E-state index contributed by atoms with van der Waals surface area (Å²) < 4.78 is 41.1. The molecule has 0 unspecified atom stereocenters. The Balaban J connectivity index is 1.44. The fraction of sp³-hybridized carbons (Fsp3) is 0.321. The number of sulfone groups is 1. The van der Waals surface area contributed by atoms with E-state index in [0.29, 0.717) is 54.7 Å². The maximum Gasteiger partial charge on any atom is 0.227 e. The molecule has 2 aliphatic rings. The zero-order valence-corrected chi connectivity index (χ0v) is 23.1. The lowest BCUT2D eigenvalue weighted by Crippen LogP contribution is -2.31. The van der Waals surface area contributed by atoms with Crippen molar-refractivity contribution < 1.29 is 17.6 Å². The maximum absolute atomic E-state index is 15.1. The zero-order chi connectivity index (χ0) is 27.6. The van der Waals surface area contributed by atoms with Crippen molar-refractivity contribution in [2.45, 2.75) is 37.5 Å². The molecule has 3 aromatic rings. The van der Waals surface area contributed by atoms with Gasteiger partial charge in [-0.15, -0.1) is 0 Å². The zero-order valence-electron chi connectivity index (χ0n) is 21.5. The Kier molecular flexibility index (Phi) is 7.86. The van der Waals surface area contributed by atoms with Crippen LogP contribution in [0.5, 0.6) is 0 Å². The second-order valence-electron chi connectivity index (χ2n) is 9.57. The van der Waals surface area contributed by atoms with Crippen LogP contribution in [0.1, 0.15) is 36.6 Å². The highest BCUT2D eigenvalue weighted by molar-refractivity contribution is 7.91. The first kappa shape index (κ1) is 27.1. The van der Waals surface area contributed by atoms with Crippen molar-refractivity contribution >= 4 is 50.4 Å². The van der Waals surface area contributed by atoms with Crippen LogP contribution in [-0.4, -0.2) is 49.7 Å². The number of anilines is 3. The fourth-order valence-electron chi connectivity index (χ4n) is 4.86. The van der Waals surface area contributed by atoms with Crippen molar-refractivity contribution in [1.82, 2.24) is 15.3 Å². The number of aromatic nitrogens is 2. The Bertz CT molecular complexity index is 1540. The van der Waals surface area contributed by atoms with Crippen LogP contribution in [0, 0.1) is 5.82 Å². The SMILES string of the molecule is CCNC(=O)Cc1ccc(Nc2nc(N3CC=C(c4ccc(Cl)cc4)CC3)nc3c2S(=O)(=O)CCC3)c(F)c1. The second-order valence-corrected chi connectivity index (χ2v) is 12.1. The average molecular weight is 570 g/mol. The molecule has 0 fully saturated rings. The quantitative estimate of drug-likeness (QED) is 0.425. The molecule has 3 heterocycles. The number of hydrogen-bond donors (Lipinski definition) is 2. The van der Waals surface area contributed by atoms with Crippen molar-refractivity contribution in [2.24, 2.45) is 0 Å². The number of carbonyl (C=O) groups is 1. The second kappa shape index (κ2) is 11.3. The van der Waals surface area contributed by atoms with Gasteiger partial charge in [0, 0.05) is 24.7 Å². The van der Waals surface area contributed by atoms with Gasteiger partial charge >= 0.3 is 0 Å². The standard InChI is InChI=1S/C28H29ClFN5O3S/c1-2-31-25(36)17-18-5-10-23(22(30)16-18)32-27-26-24(4-3-15-39(26,37)38)33-28(34-27)35-13-11-20(12-14-35)19-6-8-21(29)9-7-19/h5-11,16H,2-4,12-15,17H2,1H3,(H,31,36)(H,32,33,34). The number of fused-ring (bicyclic) bond motifs is 1. The summed E-state index contributed by atoms with van der Waals surface area (Å²) in [4.78, 5) is 23.1. The largest absolute Gasteiger partial charge is 0.356 e. The van der Waals surface area contributed by atoms with E-state index in [0.717, 1.165) is 12.0 Å². The van der Waals surface area contributed by atoms with E-state index in [4.69, 9.17) is 11.6 Å². The van der Waals surface area contributed by atoms with E-state index in [1.54, 1.807) is 6.07 Å². The number of nitrogens with zero attached hydrogens (tertiary/aromatic N) is 3. The summed E-state index contributed by atoms with van der Waals surface area (Å²) in [5.74, 6) is -0.353. The summed E-state index contributed by atoms with van der Waals surface area (Å²) in [5.41, 5.74) is 3.32. The molecule has 1 aromatic heterocycles. The number of nitrogens with one attached hydrogen (secondary N) is 2. The fourth-order valence-corrected chi connectivity index (χ4v) is 6.61. The molecule has 1 amide bonds. The van der Waals surface area contributed by atoms with E-state index in [9.17, 15) is 13.2 Å². The highest BCUT2D eigenvalue weighted by Crippen LogP contribution is 2.35. The number of rotatable bonds is 7. The normalized spacial score (nSPS) is 16.3. The van der Waals surface area contributed by atoms with Gasteiger partial charge in [-0.1, -0.05) is 35.9 Å². The van der Waals surface area contributed by atoms with Crippen LogP contribution in [0.4, 0.5) is 21.8 Å². The number of aryl methyl sites for hydroxylation is 1. The summed E-state index contributed by atoms with van der Waals surface area (Å²) in [6, 6.07) is 12.1. The highest BCUT2D eigenvalue weighted by Gasteiger charge is 2.31. The number of hydrogen-bond acceptors (Lipinski definition) is 7. The van der Waals surface area contributed by atoms with E-state index >= 15 is 4.39 Å². The summed E-state index contributed by atoms with van der Waals surface area (Å²) in [6.07, 6.45) is 3.87. The predicted molar refractivity (Wildman–Crippen MR) is 151 cm³/mol. The van der Waals surface area contributed by atoms with Crippen molar-refractivity contribution in [3.8, 4) is 0 Å². The third kappa shape index (κ3) is 6.07. The van der Waals surface area contributed by atoms with Crippen molar-refractivity contribution in [1.29, 1.82) is 0 Å². The molecule has 39 heavy (non-hydrogen) atoms. The minimum atomic E-state index is -3.64. The highest BCUT2D eigenvalue weighted by atomic mass is 35.5. The monoisotopic (exact) mass is 569 g/mol. The summed E-state index contributed by atoms with van der Waals surface area (Å²) in [5, 5.41) is 6.29. The van der Waals surface area contributed by atoms with E-state index in [1.165, 1.54) is 17.7 Å². The van der Waals surface area contributed by atoms with Crippen molar-refractivity contribution in [2.75, 3.05) is 35.6 Å². The lowest BCUT2D eigenvalue weighted by molar-refractivity contribution is -0.120. The van der Waals surface area contributed by atoms with Crippen LogP contribution >= 0.6 is 11.6 Å². The van der Waals surface area contributed by atoms with Gasteiger partial charge in [-0.3, -0.25) is 4.79 Å². The molecule has 2 aromatic carbocycles. The van der Waals surface area contributed by atoms with Gasteiger partial charge in [-0.25, -0.2) is 17.8 Å². The molecule has 0 saturated carbocycles. The summed E-state index contributed by atoms with van der Waals surface area (Å²) in [7, 11) is -3.64. The van der Waals surface area contributed by atoms with E-state index in [1.807, 2.05) is 36.1 Å². The molecule has 204 valence electrons. The molecule has 0 radical (unpaired) electrons. The average Bonchev–Trinajstić information content (AvgIpc) is 2.90. The van der Waals surface area contributed by atoms with Gasteiger partial charge in [-0.05, 0) is 67.2 Å². The van der Waals surface area contributed by atoms with Crippen LogP contribution in [0.15, 0.2) is 53.4 Å². The lowest BCUT2D eigenvalue weighted by Gasteiger charge is -2.29. The number of amides is 1. The smallest absolute Gasteiger partial charge is 0.227 e. The number of halogens is 2.